The third-order valence-corrected chi connectivity index (χ3v) is 8.45. The summed E-state index contributed by atoms with van der Waals surface area (Å²) in [6.45, 7) is 5.05. The standard InChI is InChI=1S/C29H41N5O5S/c1-20-29(37)33(2)14-6-7-15-34(18-27-32-22-9-4-5-10-25(22)40-27)16-8-13-30-28(36)21-11-12-23(24(17-21)38-3)39-19-26(35)31-20/h11-12,17,20H,4-10,13-16,18-19H2,1-3H3,(H,30,36)(H,31,35)/t20-/m0/s1. The minimum atomic E-state index is -0.671. The van der Waals surface area contributed by atoms with E-state index in [2.05, 4.69) is 15.5 Å². The van der Waals surface area contributed by atoms with Gasteiger partial charge in [-0.15, -0.1) is 11.3 Å². The van der Waals surface area contributed by atoms with E-state index in [0.717, 1.165) is 56.7 Å². The second-order valence-corrected chi connectivity index (χ2v) is 11.6. The number of benzene rings is 1. The zero-order valence-corrected chi connectivity index (χ0v) is 24.6. The molecular formula is C29H41N5O5S. The zero-order chi connectivity index (χ0) is 28.5. The maximum absolute atomic E-state index is 12.8. The van der Waals surface area contributed by atoms with Gasteiger partial charge in [-0.05, 0) is 76.6 Å². The summed E-state index contributed by atoms with van der Waals surface area (Å²) in [5.41, 5.74) is 1.72. The van der Waals surface area contributed by atoms with Crippen LogP contribution in [0.3, 0.4) is 0 Å². The highest BCUT2D eigenvalue weighted by Gasteiger charge is 2.21. The maximum atomic E-state index is 12.8. The molecule has 1 aromatic carbocycles. The molecule has 1 atom stereocenters. The smallest absolute Gasteiger partial charge is 0.258 e. The summed E-state index contributed by atoms with van der Waals surface area (Å²) in [7, 11) is 3.25. The van der Waals surface area contributed by atoms with E-state index in [1.807, 2.05) is 11.3 Å². The second-order valence-electron chi connectivity index (χ2n) is 10.5. The van der Waals surface area contributed by atoms with Gasteiger partial charge in [0.2, 0.25) is 5.91 Å². The maximum Gasteiger partial charge on any atom is 0.258 e. The first-order valence-corrected chi connectivity index (χ1v) is 15.0. The SMILES string of the molecule is COc1cc2ccc1OCC(=O)N[C@@H](C)C(=O)N(C)CCCCN(Cc1nc3c(s1)CCCC3)CCCNC2=O. The van der Waals surface area contributed by atoms with Crippen LogP contribution in [0.4, 0.5) is 0 Å². The predicted octanol–water partition coefficient (Wildman–Crippen LogP) is 2.79. The molecule has 2 N–H and O–H groups in total. The van der Waals surface area contributed by atoms with Gasteiger partial charge in [0.1, 0.15) is 11.0 Å². The van der Waals surface area contributed by atoms with Gasteiger partial charge in [-0.3, -0.25) is 19.3 Å². The lowest BCUT2D eigenvalue weighted by Crippen LogP contribution is -2.47. The van der Waals surface area contributed by atoms with Crippen LogP contribution in [0.15, 0.2) is 18.2 Å². The Morgan fingerprint density at radius 3 is 2.65 bits per heavy atom. The van der Waals surface area contributed by atoms with Gasteiger partial charge in [0, 0.05) is 37.1 Å². The Morgan fingerprint density at radius 2 is 1.85 bits per heavy atom. The summed E-state index contributed by atoms with van der Waals surface area (Å²) in [6, 6.07) is 4.19. The van der Waals surface area contributed by atoms with Gasteiger partial charge in [0.25, 0.3) is 11.8 Å². The lowest BCUT2D eigenvalue weighted by atomic mass is 10.0. The summed E-state index contributed by atoms with van der Waals surface area (Å²) in [6.07, 6.45) is 7.25. The average molecular weight is 572 g/mol. The highest BCUT2D eigenvalue weighted by Crippen LogP contribution is 2.29. The number of rotatable bonds is 3. The van der Waals surface area contributed by atoms with E-state index < -0.39 is 11.9 Å². The summed E-state index contributed by atoms with van der Waals surface area (Å²) < 4.78 is 11.0. The number of likely N-dealkylation sites (N-methyl/N-ethyl adjacent to an activating group) is 1. The van der Waals surface area contributed by atoms with Gasteiger partial charge in [-0.1, -0.05) is 0 Å². The van der Waals surface area contributed by atoms with E-state index in [-0.39, 0.29) is 18.4 Å². The van der Waals surface area contributed by atoms with Crippen molar-refractivity contribution in [3.63, 3.8) is 0 Å². The Hall–Kier alpha value is -3.18. The van der Waals surface area contributed by atoms with E-state index >= 15 is 0 Å². The van der Waals surface area contributed by atoms with Crippen LogP contribution in [-0.2, 0) is 29.0 Å². The quantitative estimate of drug-likeness (QED) is 0.545. The Kier molecular flexibility index (Phi) is 10.8. The zero-order valence-electron chi connectivity index (χ0n) is 23.8. The molecule has 0 unspecified atom stereocenters. The Labute approximate surface area is 240 Å². The molecule has 2 aromatic rings. The fourth-order valence-corrected chi connectivity index (χ4v) is 6.28. The van der Waals surface area contributed by atoms with Gasteiger partial charge >= 0.3 is 0 Å². The highest BCUT2D eigenvalue weighted by molar-refractivity contribution is 7.11. The second kappa shape index (κ2) is 14.5. The number of carbonyl (C=O) groups is 3. The number of nitrogens with one attached hydrogen (secondary N) is 2. The van der Waals surface area contributed by atoms with Crippen molar-refractivity contribution >= 4 is 29.1 Å². The van der Waals surface area contributed by atoms with Crippen molar-refractivity contribution in [3.8, 4) is 11.5 Å². The number of hydrogen-bond donors (Lipinski definition) is 2. The molecule has 0 radical (unpaired) electrons. The molecule has 218 valence electrons. The Morgan fingerprint density at radius 1 is 1.07 bits per heavy atom. The first-order chi connectivity index (χ1) is 19.3. The average Bonchev–Trinajstić information content (AvgIpc) is 3.37. The highest BCUT2D eigenvalue weighted by atomic mass is 32.1. The predicted molar refractivity (Wildman–Crippen MR) is 154 cm³/mol. The first-order valence-electron chi connectivity index (χ1n) is 14.2. The molecule has 3 heterocycles. The number of amides is 3. The lowest BCUT2D eigenvalue weighted by molar-refractivity contribution is -0.135. The van der Waals surface area contributed by atoms with Gasteiger partial charge in [0.05, 0.1) is 19.3 Å². The van der Waals surface area contributed by atoms with Crippen LogP contribution in [0.2, 0.25) is 0 Å². The van der Waals surface area contributed by atoms with Gasteiger partial charge in [-0.25, -0.2) is 4.98 Å². The Balaban J connectivity index is 1.45. The van der Waals surface area contributed by atoms with Crippen molar-refractivity contribution in [2.75, 3.05) is 46.9 Å². The number of ether oxygens (including phenoxy) is 2. The lowest BCUT2D eigenvalue weighted by Gasteiger charge is -2.24. The minimum absolute atomic E-state index is 0.143. The minimum Gasteiger partial charge on any atom is -0.493 e. The number of carbonyl (C=O) groups excluding carboxylic acids is 3. The summed E-state index contributed by atoms with van der Waals surface area (Å²) in [4.78, 5) is 48.5. The topological polar surface area (TPSA) is 113 Å². The molecule has 40 heavy (non-hydrogen) atoms. The van der Waals surface area contributed by atoms with Crippen molar-refractivity contribution in [1.29, 1.82) is 0 Å². The molecule has 0 fully saturated rings. The fourth-order valence-electron chi connectivity index (χ4n) is 5.08. The molecule has 2 bridgehead atoms. The number of aryl methyl sites for hydroxylation is 2. The number of hydrogen-bond acceptors (Lipinski definition) is 8. The molecule has 1 aromatic heterocycles. The molecule has 2 aliphatic heterocycles. The molecule has 1 aliphatic carbocycles. The van der Waals surface area contributed by atoms with E-state index in [0.29, 0.717) is 30.2 Å². The first kappa shape index (κ1) is 29.8. The molecule has 0 spiro atoms. The van der Waals surface area contributed by atoms with Crippen LogP contribution in [0.5, 0.6) is 11.5 Å². The summed E-state index contributed by atoms with van der Waals surface area (Å²) in [5.74, 6) is -0.0502. The molecule has 10 nitrogen and oxygen atoms in total. The van der Waals surface area contributed by atoms with Crippen LogP contribution in [0, 0.1) is 0 Å². The van der Waals surface area contributed by atoms with Crippen molar-refractivity contribution < 1.29 is 23.9 Å². The normalized spacial score (nSPS) is 20.6. The van der Waals surface area contributed by atoms with Crippen LogP contribution < -0.4 is 20.1 Å². The molecule has 0 saturated heterocycles. The van der Waals surface area contributed by atoms with E-state index in [9.17, 15) is 14.4 Å². The molecule has 3 amide bonds. The number of fused-ring (bicyclic) bond motifs is 19. The van der Waals surface area contributed by atoms with E-state index in [1.54, 1.807) is 37.1 Å². The molecular weight excluding hydrogens is 530 g/mol. The van der Waals surface area contributed by atoms with E-state index in [4.69, 9.17) is 14.5 Å². The summed E-state index contributed by atoms with van der Waals surface area (Å²) >= 11 is 1.84. The van der Waals surface area contributed by atoms with Crippen molar-refractivity contribution in [2.45, 2.75) is 64.5 Å². The monoisotopic (exact) mass is 571 g/mol. The number of aromatic nitrogens is 1. The van der Waals surface area contributed by atoms with Crippen molar-refractivity contribution in [3.05, 3.63) is 39.3 Å². The van der Waals surface area contributed by atoms with Crippen molar-refractivity contribution in [2.24, 2.45) is 0 Å². The molecule has 0 saturated carbocycles. The molecule has 11 heteroatoms. The number of methoxy groups -OCH3 is 1. The fraction of sp³-hybridized carbons (Fsp3) is 0.586. The van der Waals surface area contributed by atoms with Crippen LogP contribution >= 0.6 is 11.3 Å². The van der Waals surface area contributed by atoms with E-state index in [1.165, 1.54) is 30.5 Å². The third kappa shape index (κ3) is 8.17. The van der Waals surface area contributed by atoms with Gasteiger partial charge < -0.3 is 25.0 Å². The number of nitrogens with zero attached hydrogens (tertiary/aromatic N) is 3. The van der Waals surface area contributed by atoms with Crippen LogP contribution in [0.25, 0.3) is 0 Å². The van der Waals surface area contributed by atoms with Gasteiger partial charge in [0.15, 0.2) is 18.1 Å². The molecule has 5 rings (SSSR count). The van der Waals surface area contributed by atoms with Crippen LogP contribution in [0.1, 0.15) is 65.0 Å². The van der Waals surface area contributed by atoms with Crippen molar-refractivity contribution in [1.82, 2.24) is 25.4 Å². The largest absolute Gasteiger partial charge is 0.493 e. The molecule has 3 aliphatic rings. The van der Waals surface area contributed by atoms with Crippen LogP contribution in [-0.4, -0.2) is 85.5 Å². The third-order valence-electron chi connectivity index (χ3n) is 7.31. The summed E-state index contributed by atoms with van der Waals surface area (Å²) in [5, 5.41) is 6.87. The van der Waals surface area contributed by atoms with Gasteiger partial charge in [-0.2, -0.15) is 0 Å². The Bertz CT molecular complexity index is 1160. The number of thiazole rings is 1.